The van der Waals surface area contributed by atoms with Gasteiger partial charge in [-0.3, -0.25) is 0 Å². The van der Waals surface area contributed by atoms with Crippen molar-refractivity contribution in [3.63, 3.8) is 0 Å². The lowest BCUT2D eigenvalue weighted by Gasteiger charge is -2.23. The molecule has 0 heterocycles. The Hall–Kier alpha value is -1.56. The Balaban J connectivity index is 2.54. The third kappa shape index (κ3) is 3.61. The van der Waals surface area contributed by atoms with E-state index in [1.807, 2.05) is 0 Å². The summed E-state index contributed by atoms with van der Waals surface area (Å²) < 4.78 is 0. The maximum Gasteiger partial charge on any atom is -0.0129 e. The lowest BCUT2D eigenvalue weighted by atomic mass is 9.82. The van der Waals surface area contributed by atoms with Crippen molar-refractivity contribution in [2.45, 2.75) is 66.2 Å². The van der Waals surface area contributed by atoms with Crippen LogP contribution in [-0.4, -0.2) is 0 Å². The third-order valence-electron chi connectivity index (χ3n) is 4.31. The summed E-state index contributed by atoms with van der Waals surface area (Å²) in [7, 11) is 0. The van der Waals surface area contributed by atoms with E-state index in [1.165, 1.54) is 33.4 Å². The molecule has 0 aliphatic carbocycles. The zero-order valence-corrected chi connectivity index (χ0v) is 15.5. The molecule has 0 nitrogen and oxygen atoms in total. The van der Waals surface area contributed by atoms with Gasteiger partial charge in [-0.25, -0.2) is 0 Å². The molecule has 0 radical (unpaired) electrons. The highest BCUT2D eigenvalue weighted by Gasteiger charge is 2.18. The van der Waals surface area contributed by atoms with Crippen LogP contribution in [0.25, 0.3) is 11.1 Å². The first-order valence-electron chi connectivity index (χ1n) is 8.22. The van der Waals surface area contributed by atoms with Gasteiger partial charge in [-0.2, -0.15) is 0 Å². The van der Waals surface area contributed by atoms with Gasteiger partial charge in [-0.1, -0.05) is 83.5 Å². The van der Waals surface area contributed by atoms with Crippen molar-refractivity contribution in [2.24, 2.45) is 0 Å². The van der Waals surface area contributed by atoms with Crippen LogP contribution in [0.15, 0.2) is 36.4 Å². The van der Waals surface area contributed by atoms with Gasteiger partial charge in [0.15, 0.2) is 0 Å². The topological polar surface area (TPSA) is 0 Å². The molecule has 0 heteroatoms. The van der Waals surface area contributed by atoms with E-state index in [-0.39, 0.29) is 10.8 Å². The zero-order valence-electron chi connectivity index (χ0n) is 15.5. The Morgan fingerprint density at radius 2 is 1.27 bits per heavy atom. The maximum absolute atomic E-state index is 2.35. The minimum absolute atomic E-state index is 0.182. The molecule has 0 spiro atoms. The van der Waals surface area contributed by atoms with Gasteiger partial charge in [-0.15, -0.1) is 0 Å². The largest absolute Gasteiger partial charge is 0.0576 e. The molecule has 0 amide bonds. The summed E-state index contributed by atoms with van der Waals surface area (Å²) in [5, 5.41) is 0. The standard InChI is InChI=1S/C22H30/c1-15-11-18(14-19(12-15)21(3,4)5)17-9-10-20(16(2)13-17)22(6,7)8/h9-14H,1-8H3. The molecule has 2 rings (SSSR count). The van der Waals surface area contributed by atoms with Crippen LogP contribution in [0.5, 0.6) is 0 Å². The van der Waals surface area contributed by atoms with Crippen LogP contribution in [-0.2, 0) is 10.8 Å². The van der Waals surface area contributed by atoms with Gasteiger partial charge < -0.3 is 0 Å². The Morgan fingerprint density at radius 3 is 1.77 bits per heavy atom. The normalized spacial score (nSPS) is 12.5. The molecule has 0 fully saturated rings. The third-order valence-corrected chi connectivity index (χ3v) is 4.31. The van der Waals surface area contributed by atoms with Crippen LogP contribution in [0.1, 0.15) is 63.8 Å². The second-order valence-electron chi connectivity index (χ2n) is 8.62. The lowest BCUT2D eigenvalue weighted by Crippen LogP contribution is -2.13. The van der Waals surface area contributed by atoms with E-state index in [0.29, 0.717) is 0 Å². The molecule has 0 unspecified atom stereocenters. The summed E-state index contributed by atoms with van der Waals surface area (Å²) in [6.45, 7) is 18.1. The molecule has 0 atom stereocenters. The number of benzene rings is 2. The molecule has 0 aromatic heterocycles. The van der Waals surface area contributed by atoms with E-state index in [1.54, 1.807) is 0 Å². The van der Waals surface area contributed by atoms with E-state index in [0.717, 1.165) is 0 Å². The number of rotatable bonds is 1. The molecule has 2 aromatic carbocycles. The second kappa shape index (κ2) is 5.57. The van der Waals surface area contributed by atoms with Crippen molar-refractivity contribution in [3.8, 4) is 11.1 Å². The Bertz CT molecular complexity index is 676. The number of hydrogen-bond acceptors (Lipinski definition) is 0. The molecule has 0 N–H and O–H groups in total. The van der Waals surface area contributed by atoms with Crippen molar-refractivity contribution in [3.05, 3.63) is 58.7 Å². The molecule has 0 saturated carbocycles. The summed E-state index contributed by atoms with van der Waals surface area (Å²) in [4.78, 5) is 0. The first kappa shape index (κ1) is 16.8. The van der Waals surface area contributed by atoms with Crippen LogP contribution < -0.4 is 0 Å². The molecule has 2 aromatic rings. The molecular formula is C22H30. The minimum Gasteiger partial charge on any atom is -0.0576 e. The van der Waals surface area contributed by atoms with E-state index in [2.05, 4.69) is 91.8 Å². The average molecular weight is 294 g/mol. The van der Waals surface area contributed by atoms with Crippen LogP contribution in [0, 0.1) is 13.8 Å². The summed E-state index contributed by atoms with van der Waals surface area (Å²) in [5.41, 5.74) is 8.57. The quantitative estimate of drug-likeness (QED) is 0.558. The lowest BCUT2D eigenvalue weighted by molar-refractivity contribution is 0.586. The molecule has 0 bridgehead atoms. The van der Waals surface area contributed by atoms with Gasteiger partial charge in [0.2, 0.25) is 0 Å². The van der Waals surface area contributed by atoms with E-state index in [9.17, 15) is 0 Å². The minimum atomic E-state index is 0.182. The van der Waals surface area contributed by atoms with Gasteiger partial charge >= 0.3 is 0 Å². The fourth-order valence-corrected chi connectivity index (χ4v) is 3.07. The SMILES string of the molecule is Cc1cc(-c2ccc(C(C)(C)C)c(C)c2)cc(C(C)(C)C)c1. The van der Waals surface area contributed by atoms with Gasteiger partial charge in [0.25, 0.3) is 0 Å². The Morgan fingerprint density at radius 1 is 0.636 bits per heavy atom. The number of aryl methyl sites for hydroxylation is 2. The summed E-state index contributed by atoms with van der Waals surface area (Å²) in [6.07, 6.45) is 0. The average Bonchev–Trinajstić information content (AvgIpc) is 2.35. The Labute approximate surface area is 136 Å². The summed E-state index contributed by atoms with van der Waals surface area (Å²) in [6, 6.07) is 13.8. The van der Waals surface area contributed by atoms with E-state index >= 15 is 0 Å². The fraction of sp³-hybridized carbons (Fsp3) is 0.455. The maximum atomic E-state index is 2.35. The Kier molecular flexibility index (Phi) is 4.26. The molecule has 22 heavy (non-hydrogen) atoms. The smallest absolute Gasteiger partial charge is 0.0129 e. The van der Waals surface area contributed by atoms with Crippen LogP contribution in [0.4, 0.5) is 0 Å². The fourth-order valence-electron chi connectivity index (χ4n) is 3.07. The van der Waals surface area contributed by atoms with E-state index in [4.69, 9.17) is 0 Å². The molecule has 118 valence electrons. The van der Waals surface area contributed by atoms with Gasteiger partial charge in [0.05, 0.1) is 0 Å². The highest BCUT2D eigenvalue weighted by Crippen LogP contribution is 2.32. The van der Waals surface area contributed by atoms with Gasteiger partial charge in [-0.05, 0) is 52.5 Å². The zero-order chi connectivity index (χ0) is 16.7. The van der Waals surface area contributed by atoms with Gasteiger partial charge in [0.1, 0.15) is 0 Å². The monoisotopic (exact) mass is 294 g/mol. The van der Waals surface area contributed by atoms with Crippen LogP contribution >= 0.6 is 0 Å². The van der Waals surface area contributed by atoms with Crippen molar-refractivity contribution in [1.82, 2.24) is 0 Å². The number of hydrogen-bond donors (Lipinski definition) is 0. The molecular weight excluding hydrogens is 264 g/mol. The van der Waals surface area contributed by atoms with Crippen molar-refractivity contribution in [2.75, 3.05) is 0 Å². The first-order valence-corrected chi connectivity index (χ1v) is 8.22. The summed E-state index contributed by atoms with van der Waals surface area (Å²) in [5.74, 6) is 0. The predicted octanol–water partition coefficient (Wildman–Crippen LogP) is 6.57. The highest BCUT2D eigenvalue weighted by molar-refractivity contribution is 5.67. The van der Waals surface area contributed by atoms with Crippen molar-refractivity contribution in [1.29, 1.82) is 0 Å². The van der Waals surface area contributed by atoms with Crippen LogP contribution in [0.2, 0.25) is 0 Å². The first-order chi connectivity index (χ1) is 9.98. The molecule has 0 aliphatic heterocycles. The van der Waals surface area contributed by atoms with Crippen LogP contribution in [0.3, 0.4) is 0 Å². The van der Waals surface area contributed by atoms with Crippen molar-refractivity contribution < 1.29 is 0 Å². The molecule has 0 saturated heterocycles. The predicted molar refractivity (Wildman–Crippen MR) is 98.8 cm³/mol. The molecule has 0 aliphatic rings. The second-order valence-corrected chi connectivity index (χ2v) is 8.62. The van der Waals surface area contributed by atoms with E-state index < -0.39 is 0 Å². The highest BCUT2D eigenvalue weighted by atomic mass is 14.2. The van der Waals surface area contributed by atoms with Gasteiger partial charge in [0, 0.05) is 0 Å². The summed E-state index contributed by atoms with van der Waals surface area (Å²) >= 11 is 0. The van der Waals surface area contributed by atoms with Crippen molar-refractivity contribution >= 4 is 0 Å².